The maximum Gasteiger partial charge on any atom is 0.243 e. The van der Waals surface area contributed by atoms with Crippen LogP contribution in [0.2, 0.25) is 0 Å². The van der Waals surface area contributed by atoms with Gasteiger partial charge in [0.05, 0.1) is 35.2 Å². The molecule has 0 bridgehead atoms. The van der Waals surface area contributed by atoms with E-state index in [0.29, 0.717) is 51.6 Å². The number of carbonyl (C=O) groups excluding carboxylic acids is 1. The molecule has 180 valence electrons. The second kappa shape index (κ2) is 10.2. The van der Waals surface area contributed by atoms with Crippen molar-refractivity contribution in [3.63, 3.8) is 0 Å². The van der Waals surface area contributed by atoms with Crippen LogP contribution in [-0.2, 0) is 26.1 Å². The molecule has 0 atom stereocenters. The van der Waals surface area contributed by atoms with Gasteiger partial charge >= 0.3 is 0 Å². The number of aromatic nitrogens is 2. The van der Waals surface area contributed by atoms with Gasteiger partial charge in [-0.15, -0.1) is 0 Å². The lowest BCUT2D eigenvalue weighted by atomic mass is 10.2. The van der Waals surface area contributed by atoms with Gasteiger partial charge < -0.3 is 15.0 Å². The number of anilines is 2. The van der Waals surface area contributed by atoms with Gasteiger partial charge in [0.2, 0.25) is 15.9 Å². The Labute approximate surface area is 195 Å². The third-order valence-corrected chi connectivity index (χ3v) is 8.10. The molecule has 2 aliphatic rings. The zero-order chi connectivity index (χ0) is 23.4. The summed E-state index contributed by atoms with van der Waals surface area (Å²) < 4.78 is 35.3. The van der Waals surface area contributed by atoms with Crippen LogP contribution in [0.5, 0.6) is 0 Å². The fraction of sp³-hybridized carbons (Fsp3) is 0.565. The quantitative estimate of drug-likeness (QED) is 0.661. The van der Waals surface area contributed by atoms with E-state index in [4.69, 9.17) is 4.74 Å². The number of morpholine rings is 1. The van der Waals surface area contributed by atoms with E-state index < -0.39 is 10.0 Å². The van der Waals surface area contributed by atoms with Crippen LogP contribution in [0.15, 0.2) is 29.2 Å². The number of rotatable bonds is 7. The predicted molar refractivity (Wildman–Crippen MR) is 127 cm³/mol. The third-order valence-electron chi connectivity index (χ3n) is 6.20. The molecule has 9 nitrogen and oxygen atoms in total. The lowest BCUT2D eigenvalue weighted by Crippen LogP contribution is -2.37. The van der Waals surface area contributed by atoms with Gasteiger partial charge in [-0.2, -0.15) is 9.40 Å². The van der Waals surface area contributed by atoms with Crippen molar-refractivity contribution in [1.29, 1.82) is 0 Å². The predicted octanol–water partition coefficient (Wildman–Crippen LogP) is 2.54. The van der Waals surface area contributed by atoms with Gasteiger partial charge in [0.1, 0.15) is 0 Å². The van der Waals surface area contributed by atoms with Gasteiger partial charge in [0.25, 0.3) is 0 Å². The number of amides is 1. The summed E-state index contributed by atoms with van der Waals surface area (Å²) in [6, 6.07) is 7.04. The Kier molecular flexibility index (Phi) is 7.35. The smallest absolute Gasteiger partial charge is 0.243 e. The molecule has 1 N–H and O–H groups in total. The summed E-state index contributed by atoms with van der Waals surface area (Å²) in [5.74, 6) is -0.176. The number of nitrogens with one attached hydrogen (secondary N) is 1. The molecule has 0 aliphatic carbocycles. The van der Waals surface area contributed by atoms with Crippen LogP contribution in [0.1, 0.15) is 37.1 Å². The number of piperidine rings is 1. The van der Waals surface area contributed by atoms with Crippen molar-refractivity contribution in [3.05, 3.63) is 35.7 Å². The number of nitrogens with zero attached hydrogens (tertiary/aromatic N) is 4. The molecule has 2 saturated heterocycles. The minimum absolute atomic E-state index is 0.176. The molecule has 2 fully saturated rings. The summed E-state index contributed by atoms with van der Waals surface area (Å²) in [7, 11) is -3.60. The fourth-order valence-corrected chi connectivity index (χ4v) is 5.98. The van der Waals surface area contributed by atoms with E-state index in [9.17, 15) is 13.2 Å². The highest BCUT2D eigenvalue weighted by molar-refractivity contribution is 7.89. The molecule has 0 radical (unpaired) electrons. The molecule has 2 aliphatic heterocycles. The van der Waals surface area contributed by atoms with E-state index in [1.165, 1.54) is 0 Å². The molecule has 0 spiro atoms. The van der Waals surface area contributed by atoms with Crippen molar-refractivity contribution >= 4 is 27.3 Å². The number of ether oxygens (including phenoxy) is 1. The first kappa shape index (κ1) is 23.7. The topological polar surface area (TPSA) is 96.8 Å². The molecule has 3 heterocycles. The lowest BCUT2D eigenvalue weighted by molar-refractivity contribution is -0.116. The van der Waals surface area contributed by atoms with Gasteiger partial charge in [0.15, 0.2) is 0 Å². The maximum atomic E-state index is 13.2. The highest BCUT2D eigenvalue weighted by Gasteiger charge is 2.27. The van der Waals surface area contributed by atoms with E-state index in [0.717, 1.165) is 36.3 Å². The Morgan fingerprint density at radius 2 is 1.79 bits per heavy atom. The summed E-state index contributed by atoms with van der Waals surface area (Å²) in [5, 5.41) is 7.38. The van der Waals surface area contributed by atoms with Crippen LogP contribution < -0.4 is 10.2 Å². The van der Waals surface area contributed by atoms with Gasteiger partial charge in [-0.05, 0) is 51.0 Å². The van der Waals surface area contributed by atoms with Crippen molar-refractivity contribution in [3.8, 4) is 0 Å². The monoisotopic (exact) mass is 475 g/mol. The van der Waals surface area contributed by atoms with Crippen molar-refractivity contribution in [2.45, 2.75) is 51.0 Å². The SMILES string of the molecule is Cc1cc(C)n(CCC(=O)Nc2cc(S(=O)(=O)N3CCCCC3)ccc2N2CCOCC2)n1. The molecule has 4 rings (SSSR count). The summed E-state index contributed by atoms with van der Waals surface area (Å²) >= 11 is 0. The van der Waals surface area contributed by atoms with Crippen LogP contribution in [0.3, 0.4) is 0 Å². The Bertz CT molecular complexity index is 1090. The number of benzene rings is 1. The summed E-state index contributed by atoms with van der Waals surface area (Å²) in [6.45, 7) is 7.99. The normalized spacial score (nSPS) is 17.8. The first-order valence-electron chi connectivity index (χ1n) is 11.6. The minimum atomic E-state index is -3.60. The van der Waals surface area contributed by atoms with E-state index in [-0.39, 0.29) is 17.2 Å². The standard InChI is InChI=1S/C23H33N5O4S/c1-18-16-19(2)28(25-18)11-8-23(29)24-21-17-20(33(30,31)27-9-4-3-5-10-27)6-7-22(21)26-12-14-32-15-13-26/h6-7,16-17H,3-5,8-15H2,1-2H3,(H,24,29). The van der Waals surface area contributed by atoms with Gasteiger partial charge in [-0.1, -0.05) is 6.42 Å². The number of sulfonamides is 1. The van der Waals surface area contributed by atoms with Crippen molar-refractivity contribution in [2.75, 3.05) is 49.6 Å². The highest BCUT2D eigenvalue weighted by atomic mass is 32.2. The zero-order valence-corrected chi connectivity index (χ0v) is 20.2. The van der Waals surface area contributed by atoms with Crippen molar-refractivity contribution < 1.29 is 17.9 Å². The largest absolute Gasteiger partial charge is 0.378 e. The Balaban J connectivity index is 1.56. The number of aryl methyl sites for hydroxylation is 3. The Hall–Kier alpha value is -2.43. The Morgan fingerprint density at radius 3 is 2.45 bits per heavy atom. The fourth-order valence-electron chi connectivity index (χ4n) is 4.43. The molecule has 0 saturated carbocycles. The molecule has 2 aromatic rings. The molecule has 1 aromatic heterocycles. The molecular weight excluding hydrogens is 442 g/mol. The van der Waals surface area contributed by atoms with Gasteiger partial charge in [-0.25, -0.2) is 8.42 Å². The van der Waals surface area contributed by atoms with E-state index >= 15 is 0 Å². The molecule has 0 unspecified atom stereocenters. The van der Waals surface area contributed by atoms with Gasteiger partial charge in [-0.3, -0.25) is 9.48 Å². The van der Waals surface area contributed by atoms with E-state index in [1.54, 1.807) is 22.5 Å². The second-order valence-corrected chi connectivity index (χ2v) is 10.6. The highest BCUT2D eigenvalue weighted by Crippen LogP contribution is 2.31. The summed E-state index contributed by atoms with van der Waals surface area (Å²) in [6.07, 6.45) is 3.05. The molecule has 1 aromatic carbocycles. The molecule has 10 heteroatoms. The van der Waals surface area contributed by atoms with Gasteiger partial charge in [0, 0.05) is 44.8 Å². The zero-order valence-electron chi connectivity index (χ0n) is 19.4. The average Bonchev–Trinajstić information content (AvgIpc) is 3.15. The second-order valence-electron chi connectivity index (χ2n) is 8.69. The van der Waals surface area contributed by atoms with Crippen molar-refractivity contribution in [1.82, 2.24) is 14.1 Å². The lowest BCUT2D eigenvalue weighted by Gasteiger charge is -2.31. The number of carbonyl (C=O) groups is 1. The van der Waals surface area contributed by atoms with E-state index in [2.05, 4.69) is 15.3 Å². The number of hydrogen-bond donors (Lipinski definition) is 1. The van der Waals surface area contributed by atoms with Crippen LogP contribution in [0.4, 0.5) is 11.4 Å². The van der Waals surface area contributed by atoms with Crippen LogP contribution in [0.25, 0.3) is 0 Å². The van der Waals surface area contributed by atoms with Crippen LogP contribution in [0, 0.1) is 13.8 Å². The Morgan fingerprint density at radius 1 is 1.06 bits per heavy atom. The number of hydrogen-bond acceptors (Lipinski definition) is 6. The first-order valence-corrected chi connectivity index (χ1v) is 13.1. The van der Waals surface area contributed by atoms with E-state index in [1.807, 2.05) is 24.6 Å². The van der Waals surface area contributed by atoms with Crippen LogP contribution >= 0.6 is 0 Å². The molecule has 1 amide bonds. The summed E-state index contributed by atoms with van der Waals surface area (Å²) in [4.78, 5) is 15.2. The van der Waals surface area contributed by atoms with Crippen LogP contribution in [-0.4, -0.2) is 67.8 Å². The minimum Gasteiger partial charge on any atom is -0.378 e. The van der Waals surface area contributed by atoms with Crippen molar-refractivity contribution in [2.24, 2.45) is 0 Å². The molecule has 33 heavy (non-hydrogen) atoms. The first-order chi connectivity index (χ1) is 15.8. The summed E-state index contributed by atoms with van der Waals surface area (Å²) in [5.41, 5.74) is 3.26. The average molecular weight is 476 g/mol. The third kappa shape index (κ3) is 5.56. The maximum absolute atomic E-state index is 13.2. The molecular formula is C23H33N5O4S.